The highest BCUT2D eigenvalue weighted by Gasteiger charge is 2.12. The van der Waals surface area contributed by atoms with Crippen molar-refractivity contribution < 1.29 is 9.53 Å². The van der Waals surface area contributed by atoms with Crippen molar-refractivity contribution >= 4 is 11.4 Å². The molecule has 0 N–H and O–H groups in total. The molecule has 0 aromatic heterocycles. The first-order valence-electron chi connectivity index (χ1n) is 6.53. The van der Waals surface area contributed by atoms with Gasteiger partial charge in [-0.1, -0.05) is 36.9 Å². The summed E-state index contributed by atoms with van der Waals surface area (Å²) in [5.41, 5.74) is 2.41. The highest BCUT2D eigenvalue weighted by Crippen LogP contribution is 2.27. The summed E-state index contributed by atoms with van der Waals surface area (Å²) in [4.78, 5) is 11.5. The molecule has 0 aliphatic rings. The van der Waals surface area contributed by atoms with Crippen LogP contribution in [0.2, 0.25) is 0 Å². The van der Waals surface area contributed by atoms with Gasteiger partial charge in [0.1, 0.15) is 12.4 Å². The molecule has 0 aliphatic heterocycles. The van der Waals surface area contributed by atoms with Crippen LogP contribution in [0.15, 0.2) is 55.1 Å². The average molecular weight is 277 g/mol. The molecule has 0 fully saturated rings. The second-order valence-electron chi connectivity index (χ2n) is 4.63. The highest BCUT2D eigenvalue weighted by molar-refractivity contribution is 6.19. The van der Waals surface area contributed by atoms with Gasteiger partial charge in [-0.3, -0.25) is 4.79 Å². The minimum absolute atomic E-state index is 0.144. The molecule has 2 rings (SSSR count). The molecule has 0 unspecified atom stereocenters. The van der Waals surface area contributed by atoms with Gasteiger partial charge in [0.15, 0.2) is 5.78 Å². The Morgan fingerprint density at radius 2 is 1.95 bits per heavy atom. The fourth-order valence-electron chi connectivity index (χ4n) is 1.89. The molecule has 2 aromatic rings. The van der Waals surface area contributed by atoms with Gasteiger partial charge in [0.05, 0.1) is 11.6 Å². The predicted octanol–water partition coefficient (Wildman–Crippen LogP) is 3.74. The van der Waals surface area contributed by atoms with Gasteiger partial charge in [0.25, 0.3) is 0 Å². The molecule has 0 heterocycles. The summed E-state index contributed by atoms with van der Waals surface area (Å²) in [7, 11) is 0. The molecule has 0 spiro atoms. The number of Topliss-reactive ketones (excluding diaryl/α,β-unsaturated/α-hetero) is 1. The maximum Gasteiger partial charge on any atom is 0.159 e. The Balaban J connectivity index is 2.28. The van der Waals surface area contributed by atoms with Gasteiger partial charge in [-0.05, 0) is 30.7 Å². The van der Waals surface area contributed by atoms with Gasteiger partial charge in [-0.25, -0.2) is 0 Å². The van der Waals surface area contributed by atoms with E-state index in [1.54, 1.807) is 18.2 Å². The van der Waals surface area contributed by atoms with Crippen LogP contribution in [0, 0.1) is 11.3 Å². The van der Waals surface area contributed by atoms with E-state index in [4.69, 9.17) is 10.00 Å². The summed E-state index contributed by atoms with van der Waals surface area (Å²) in [6.07, 6.45) is 0. The zero-order chi connectivity index (χ0) is 15.2. The number of hydrogen-bond acceptors (Lipinski definition) is 3. The first kappa shape index (κ1) is 14.5. The number of nitrogens with zero attached hydrogens (tertiary/aromatic N) is 1. The van der Waals surface area contributed by atoms with E-state index >= 15 is 0 Å². The fraction of sp³-hybridized carbons (Fsp3) is 0.111. The number of hydrogen-bond donors (Lipinski definition) is 0. The van der Waals surface area contributed by atoms with Crippen LogP contribution >= 0.6 is 0 Å². The van der Waals surface area contributed by atoms with E-state index in [1.165, 1.54) is 6.92 Å². The molecule has 0 bridgehead atoms. The third kappa shape index (κ3) is 3.58. The normalized spacial score (nSPS) is 9.71. The van der Waals surface area contributed by atoms with E-state index in [9.17, 15) is 4.79 Å². The molecule has 0 amide bonds. The lowest BCUT2D eigenvalue weighted by molar-refractivity contribution is -0.111. The molecule has 3 nitrogen and oxygen atoms in total. The monoisotopic (exact) mass is 277 g/mol. The second-order valence-corrected chi connectivity index (χ2v) is 4.63. The van der Waals surface area contributed by atoms with Crippen LogP contribution in [-0.4, -0.2) is 5.78 Å². The highest BCUT2D eigenvalue weighted by atomic mass is 16.5. The summed E-state index contributed by atoms with van der Waals surface area (Å²) in [5, 5.41) is 8.98. The zero-order valence-corrected chi connectivity index (χ0v) is 11.8. The van der Waals surface area contributed by atoms with Gasteiger partial charge in [0, 0.05) is 11.1 Å². The minimum Gasteiger partial charge on any atom is -0.488 e. The molecule has 0 aliphatic carbocycles. The molecule has 21 heavy (non-hydrogen) atoms. The first-order valence-corrected chi connectivity index (χ1v) is 6.53. The van der Waals surface area contributed by atoms with Crippen molar-refractivity contribution in [2.75, 3.05) is 0 Å². The van der Waals surface area contributed by atoms with Crippen molar-refractivity contribution in [2.45, 2.75) is 13.5 Å². The second kappa shape index (κ2) is 6.53. The Hall–Kier alpha value is -2.86. The Morgan fingerprint density at radius 3 is 2.57 bits per heavy atom. The van der Waals surface area contributed by atoms with Crippen LogP contribution < -0.4 is 4.74 Å². The lowest BCUT2D eigenvalue weighted by Gasteiger charge is -2.12. The first-order chi connectivity index (χ1) is 10.1. The van der Waals surface area contributed by atoms with Gasteiger partial charge < -0.3 is 4.74 Å². The lowest BCUT2D eigenvalue weighted by Crippen LogP contribution is -2.02. The van der Waals surface area contributed by atoms with Crippen LogP contribution in [0.4, 0.5) is 0 Å². The van der Waals surface area contributed by atoms with Crippen molar-refractivity contribution in [1.29, 1.82) is 5.26 Å². The quantitative estimate of drug-likeness (QED) is 0.782. The van der Waals surface area contributed by atoms with E-state index in [0.29, 0.717) is 29.1 Å². The van der Waals surface area contributed by atoms with Crippen LogP contribution in [0.1, 0.15) is 23.6 Å². The zero-order valence-electron chi connectivity index (χ0n) is 11.8. The molecule has 104 valence electrons. The molecule has 0 saturated carbocycles. The number of ether oxygens (including phenoxy) is 1. The molecule has 0 saturated heterocycles. The van der Waals surface area contributed by atoms with Crippen LogP contribution in [-0.2, 0) is 11.4 Å². The van der Waals surface area contributed by atoms with Crippen molar-refractivity contribution in [3.63, 3.8) is 0 Å². The molecule has 2 aromatic carbocycles. The van der Waals surface area contributed by atoms with Crippen molar-refractivity contribution in [3.8, 4) is 11.8 Å². The number of benzene rings is 2. The number of ketones is 1. The Labute approximate surface area is 124 Å². The van der Waals surface area contributed by atoms with Gasteiger partial charge >= 0.3 is 0 Å². The Bertz CT molecular complexity index is 712. The van der Waals surface area contributed by atoms with Crippen molar-refractivity contribution in [2.24, 2.45) is 0 Å². The smallest absolute Gasteiger partial charge is 0.159 e. The topological polar surface area (TPSA) is 50.1 Å². The van der Waals surface area contributed by atoms with E-state index in [-0.39, 0.29) is 5.78 Å². The number of carbonyl (C=O) groups excluding carboxylic acids is 1. The minimum atomic E-state index is -0.144. The largest absolute Gasteiger partial charge is 0.488 e. The number of carbonyl (C=O) groups is 1. The predicted molar refractivity (Wildman–Crippen MR) is 81.6 cm³/mol. The maximum atomic E-state index is 11.5. The maximum absolute atomic E-state index is 11.5. The van der Waals surface area contributed by atoms with Crippen LogP contribution in [0.5, 0.6) is 5.75 Å². The molecule has 0 atom stereocenters. The van der Waals surface area contributed by atoms with Gasteiger partial charge in [-0.2, -0.15) is 5.26 Å². The van der Waals surface area contributed by atoms with Gasteiger partial charge in [-0.15, -0.1) is 0 Å². The number of nitriles is 1. The van der Waals surface area contributed by atoms with Gasteiger partial charge in [0.2, 0.25) is 0 Å². The summed E-state index contributed by atoms with van der Waals surface area (Å²) in [6.45, 7) is 5.62. The van der Waals surface area contributed by atoms with E-state index in [2.05, 4.69) is 12.6 Å². The molecule has 3 heteroatoms. The lowest BCUT2D eigenvalue weighted by atomic mass is 10.0. The number of rotatable bonds is 5. The Kier molecular flexibility index (Phi) is 4.53. The molecular weight excluding hydrogens is 262 g/mol. The summed E-state index contributed by atoms with van der Waals surface area (Å²) in [6, 6.07) is 16.8. The SMILES string of the molecule is C=C(C(C)=O)c1cc(C#N)ccc1OCc1ccccc1. The van der Waals surface area contributed by atoms with E-state index in [0.717, 1.165) is 5.56 Å². The summed E-state index contributed by atoms with van der Waals surface area (Å²) < 4.78 is 5.77. The third-order valence-corrected chi connectivity index (χ3v) is 3.10. The Morgan fingerprint density at radius 1 is 1.24 bits per heavy atom. The van der Waals surface area contributed by atoms with Crippen molar-refractivity contribution in [3.05, 3.63) is 71.8 Å². The van der Waals surface area contributed by atoms with Crippen LogP contribution in [0.25, 0.3) is 5.57 Å². The van der Waals surface area contributed by atoms with Crippen LogP contribution in [0.3, 0.4) is 0 Å². The number of allylic oxidation sites excluding steroid dienone is 1. The van der Waals surface area contributed by atoms with E-state index in [1.807, 2.05) is 30.3 Å². The average Bonchev–Trinajstić information content (AvgIpc) is 2.53. The fourth-order valence-corrected chi connectivity index (χ4v) is 1.89. The standard InChI is InChI=1S/C18H15NO2/c1-13(14(2)20)17-10-16(11-19)8-9-18(17)21-12-15-6-4-3-5-7-15/h3-10H,1,12H2,2H3. The van der Waals surface area contributed by atoms with Crippen molar-refractivity contribution in [1.82, 2.24) is 0 Å². The summed E-state index contributed by atoms with van der Waals surface area (Å²) in [5.74, 6) is 0.410. The van der Waals surface area contributed by atoms with E-state index < -0.39 is 0 Å². The third-order valence-electron chi connectivity index (χ3n) is 3.10. The summed E-state index contributed by atoms with van der Waals surface area (Å²) >= 11 is 0. The molecular formula is C18H15NO2. The molecule has 0 radical (unpaired) electrons.